The number of carbonyl (C=O) groups excluding carboxylic acids is 2. The lowest BCUT2D eigenvalue weighted by Crippen LogP contribution is -2.21. The second-order valence-corrected chi connectivity index (χ2v) is 2.38. The quantitative estimate of drug-likeness (QED) is 0.478. The maximum atomic E-state index is 10.5. The Hall–Kier alpha value is -0.970. The molecular weight excluding hydrogens is 188 g/mol. The molecule has 5 nitrogen and oxygen atoms in total. The fourth-order valence-corrected chi connectivity index (χ4v) is 0.749. The summed E-state index contributed by atoms with van der Waals surface area (Å²) in [5, 5.41) is 0. The Morgan fingerprint density at radius 3 is 3.00 bits per heavy atom. The van der Waals surface area contributed by atoms with E-state index in [-0.39, 0.29) is 19.1 Å². The highest BCUT2D eigenvalue weighted by Gasteiger charge is 2.25. The second kappa shape index (κ2) is 4.15. The van der Waals surface area contributed by atoms with Crippen LogP contribution < -0.4 is 0 Å². The first-order valence-electron chi connectivity index (χ1n) is 3.27. The highest BCUT2D eigenvalue weighted by molar-refractivity contribution is 6.26. The SMILES string of the molecule is O=C(CCl)OCC1COC(=O)O1. The first-order chi connectivity index (χ1) is 5.72. The molecule has 0 aromatic carbocycles. The van der Waals surface area contributed by atoms with Gasteiger partial charge in [0, 0.05) is 0 Å². The molecule has 1 atom stereocenters. The van der Waals surface area contributed by atoms with E-state index in [9.17, 15) is 9.59 Å². The van der Waals surface area contributed by atoms with Gasteiger partial charge in [-0.1, -0.05) is 0 Å². The fraction of sp³-hybridized carbons (Fsp3) is 0.667. The highest BCUT2D eigenvalue weighted by atomic mass is 35.5. The maximum absolute atomic E-state index is 10.5. The zero-order valence-corrected chi connectivity index (χ0v) is 6.87. The van der Waals surface area contributed by atoms with E-state index >= 15 is 0 Å². The Kier molecular flexibility index (Phi) is 3.16. The van der Waals surface area contributed by atoms with Crippen molar-refractivity contribution in [3.8, 4) is 0 Å². The van der Waals surface area contributed by atoms with E-state index in [1.54, 1.807) is 0 Å². The first-order valence-corrected chi connectivity index (χ1v) is 3.81. The third kappa shape index (κ3) is 2.58. The molecule has 0 radical (unpaired) electrons. The van der Waals surface area contributed by atoms with Crippen molar-refractivity contribution in [2.24, 2.45) is 0 Å². The molecule has 68 valence electrons. The number of esters is 1. The molecule has 6 heteroatoms. The summed E-state index contributed by atoms with van der Waals surface area (Å²) in [6.07, 6.45) is -1.23. The average molecular weight is 195 g/mol. The van der Waals surface area contributed by atoms with Crippen molar-refractivity contribution in [3.05, 3.63) is 0 Å². The van der Waals surface area contributed by atoms with Crippen LogP contribution in [-0.4, -0.2) is 37.3 Å². The zero-order valence-electron chi connectivity index (χ0n) is 6.12. The van der Waals surface area contributed by atoms with E-state index in [0.29, 0.717) is 0 Å². The Labute approximate surface area is 73.5 Å². The predicted molar refractivity (Wildman–Crippen MR) is 37.9 cm³/mol. The number of rotatable bonds is 3. The van der Waals surface area contributed by atoms with Crippen molar-refractivity contribution in [2.75, 3.05) is 19.1 Å². The number of hydrogen-bond donors (Lipinski definition) is 0. The molecule has 1 aliphatic heterocycles. The van der Waals surface area contributed by atoms with Gasteiger partial charge in [0.2, 0.25) is 0 Å². The van der Waals surface area contributed by atoms with E-state index < -0.39 is 18.2 Å². The Balaban J connectivity index is 2.16. The third-order valence-electron chi connectivity index (χ3n) is 1.19. The molecular formula is C6H7ClO5. The molecule has 1 aliphatic rings. The van der Waals surface area contributed by atoms with Gasteiger partial charge in [0.05, 0.1) is 0 Å². The Bertz CT molecular complexity index is 192. The van der Waals surface area contributed by atoms with Gasteiger partial charge in [-0.25, -0.2) is 4.79 Å². The van der Waals surface area contributed by atoms with Crippen LogP contribution in [0.2, 0.25) is 0 Å². The molecule has 1 rings (SSSR count). The van der Waals surface area contributed by atoms with Crippen LogP contribution in [0.15, 0.2) is 0 Å². The summed E-state index contributed by atoms with van der Waals surface area (Å²) in [5.74, 6) is -0.749. The minimum atomic E-state index is -0.734. The molecule has 1 saturated heterocycles. The predicted octanol–water partition coefficient (Wildman–Crippen LogP) is 0.304. The van der Waals surface area contributed by atoms with Gasteiger partial charge < -0.3 is 14.2 Å². The molecule has 0 saturated carbocycles. The lowest BCUT2D eigenvalue weighted by atomic mass is 10.4. The molecule has 0 aromatic heterocycles. The van der Waals surface area contributed by atoms with Crippen LogP contribution in [0.25, 0.3) is 0 Å². The lowest BCUT2D eigenvalue weighted by Gasteiger charge is -2.05. The Morgan fingerprint density at radius 2 is 2.50 bits per heavy atom. The molecule has 0 bridgehead atoms. The van der Waals surface area contributed by atoms with Crippen LogP contribution in [0, 0.1) is 0 Å². The summed E-state index contributed by atoms with van der Waals surface area (Å²) < 4.78 is 13.6. The van der Waals surface area contributed by atoms with Crippen molar-refractivity contribution in [1.82, 2.24) is 0 Å². The van der Waals surface area contributed by atoms with Gasteiger partial charge in [0.1, 0.15) is 19.1 Å². The van der Waals surface area contributed by atoms with Gasteiger partial charge in [-0.3, -0.25) is 4.79 Å². The Morgan fingerprint density at radius 1 is 1.75 bits per heavy atom. The number of cyclic esters (lactones) is 2. The molecule has 0 amide bonds. The van der Waals surface area contributed by atoms with Gasteiger partial charge in [-0.15, -0.1) is 11.6 Å². The third-order valence-corrected chi connectivity index (χ3v) is 1.41. The maximum Gasteiger partial charge on any atom is 0.508 e. The summed E-state index contributed by atoms with van der Waals surface area (Å²) in [6, 6.07) is 0. The summed E-state index contributed by atoms with van der Waals surface area (Å²) in [4.78, 5) is 20.9. The molecule has 0 aliphatic carbocycles. The van der Waals surface area contributed by atoms with Gasteiger partial charge in [0.25, 0.3) is 0 Å². The van der Waals surface area contributed by atoms with Crippen molar-refractivity contribution in [2.45, 2.75) is 6.10 Å². The molecule has 12 heavy (non-hydrogen) atoms. The second-order valence-electron chi connectivity index (χ2n) is 2.12. The number of ether oxygens (including phenoxy) is 3. The first kappa shape index (κ1) is 9.12. The average Bonchev–Trinajstić information content (AvgIpc) is 2.47. The number of carbonyl (C=O) groups is 2. The number of hydrogen-bond acceptors (Lipinski definition) is 5. The molecule has 0 aromatic rings. The zero-order chi connectivity index (χ0) is 8.97. The monoisotopic (exact) mass is 194 g/mol. The number of alkyl halides is 1. The van der Waals surface area contributed by atoms with Gasteiger partial charge in [-0.2, -0.15) is 0 Å². The van der Waals surface area contributed by atoms with Gasteiger partial charge in [-0.05, 0) is 0 Å². The van der Waals surface area contributed by atoms with Crippen molar-refractivity contribution < 1.29 is 23.8 Å². The van der Waals surface area contributed by atoms with E-state index in [1.165, 1.54) is 0 Å². The van der Waals surface area contributed by atoms with Crippen molar-refractivity contribution >= 4 is 23.7 Å². The van der Waals surface area contributed by atoms with Crippen LogP contribution in [0.5, 0.6) is 0 Å². The topological polar surface area (TPSA) is 61.8 Å². The van der Waals surface area contributed by atoms with E-state index in [1.807, 2.05) is 0 Å². The summed E-state index contributed by atoms with van der Waals surface area (Å²) in [5.41, 5.74) is 0. The largest absolute Gasteiger partial charge is 0.508 e. The lowest BCUT2D eigenvalue weighted by molar-refractivity contribution is -0.142. The molecule has 0 N–H and O–H groups in total. The van der Waals surface area contributed by atoms with Crippen LogP contribution in [0.1, 0.15) is 0 Å². The van der Waals surface area contributed by atoms with Gasteiger partial charge in [0.15, 0.2) is 6.10 Å². The summed E-state index contributed by atoms with van der Waals surface area (Å²) in [7, 11) is 0. The van der Waals surface area contributed by atoms with E-state index in [2.05, 4.69) is 14.2 Å². The highest BCUT2D eigenvalue weighted by Crippen LogP contribution is 2.06. The van der Waals surface area contributed by atoms with Crippen LogP contribution in [0.3, 0.4) is 0 Å². The summed E-state index contributed by atoms with van der Waals surface area (Å²) >= 11 is 5.15. The van der Waals surface area contributed by atoms with Crippen molar-refractivity contribution in [3.63, 3.8) is 0 Å². The normalized spacial score (nSPS) is 21.4. The standard InChI is InChI=1S/C6H7ClO5/c7-1-5(8)10-2-4-3-11-6(9)12-4/h4H,1-3H2. The molecule has 1 heterocycles. The number of halogens is 1. The van der Waals surface area contributed by atoms with Crippen LogP contribution in [0.4, 0.5) is 4.79 Å². The minimum absolute atomic E-state index is 0.00269. The molecule has 1 fully saturated rings. The van der Waals surface area contributed by atoms with Crippen LogP contribution >= 0.6 is 11.6 Å². The van der Waals surface area contributed by atoms with E-state index in [0.717, 1.165) is 0 Å². The van der Waals surface area contributed by atoms with Gasteiger partial charge >= 0.3 is 12.1 Å². The minimum Gasteiger partial charge on any atom is -0.461 e. The van der Waals surface area contributed by atoms with E-state index in [4.69, 9.17) is 11.6 Å². The summed E-state index contributed by atoms with van der Waals surface area (Å²) in [6.45, 7) is 0.117. The molecule has 0 spiro atoms. The smallest absolute Gasteiger partial charge is 0.461 e. The van der Waals surface area contributed by atoms with Crippen molar-refractivity contribution in [1.29, 1.82) is 0 Å². The fourth-order valence-electron chi connectivity index (χ4n) is 0.672. The molecule has 1 unspecified atom stereocenters. The van der Waals surface area contributed by atoms with Crippen LogP contribution in [-0.2, 0) is 19.0 Å².